The van der Waals surface area contributed by atoms with Crippen LogP contribution in [-0.2, 0) is 0 Å². The maximum Gasteiger partial charge on any atom is 0.161 e. The lowest BCUT2D eigenvalue weighted by Gasteiger charge is -2.12. The summed E-state index contributed by atoms with van der Waals surface area (Å²) < 4.78 is 10.4. The molecule has 0 aliphatic heterocycles. The van der Waals surface area contributed by atoms with Gasteiger partial charge in [0.15, 0.2) is 11.5 Å². The third-order valence-electron chi connectivity index (χ3n) is 1.68. The molecular weight excluding hydrogens is 204 g/mol. The number of alkyl halides is 1. The fraction of sp³-hybridized carbons (Fsp3) is 0.400. The standard InChI is InChI=1S/C10H13ClO3/c1-13-9-4-2-3-5-10(9)14-7-8(12)6-11/h2-5,8,12H,6-7H2,1H3. The van der Waals surface area contributed by atoms with Crippen LogP contribution in [0.4, 0.5) is 0 Å². The van der Waals surface area contributed by atoms with E-state index in [1.807, 2.05) is 12.1 Å². The highest BCUT2D eigenvalue weighted by molar-refractivity contribution is 6.18. The number of aliphatic hydroxyl groups is 1. The van der Waals surface area contributed by atoms with Gasteiger partial charge in [-0.15, -0.1) is 11.6 Å². The van der Waals surface area contributed by atoms with Gasteiger partial charge in [0.2, 0.25) is 0 Å². The maximum atomic E-state index is 9.19. The SMILES string of the molecule is COc1ccccc1OCC(O)CCl. The first-order valence-electron chi connectivity index (χ1n) is 4.27. The number of ether oxygens (including phenoxy) is 2. The van der Waals surface area contributed by atoms with Crippen LogP contribution in [0.3, 0.4) is 0 Å². The van der Waals surface area contributed by atoms with E-state index in [4.69, 9.17) is 21.1 Å². The topological polar surface area (TPSA) is 38.7 Å². The fourth-order valence-corrected chi connectivity index (χ4v) is 1.06. The first-order chi connectivity index (χ1) is 6.77. The lowest BCUT2D eigenvalue weighted by atomic mass is 10.3. The van der Waals surface area contributed by atoms with Crippen molar-refractivity contribution in [3.8, 4) is 11.5 Å². The molecule has 14 heavy (non-hydrogen) atoms. The first-order valence-corrected chi connectivity index (χ1v) is 4.81. The maximum absolute atomic E-state index is 9.19. The summed E-state index contributed by atoms with van der Waals surface area (Å²) >= 11 is 5.43. The molecule has 0 saturated heterocycles. The summed E-state index contributed by atoms with van der Waals surface area (Å²) in [5.74, 6) is 1.42. The van der Waals surface area contributed by atoms with Gasteiger partial charge in [-0.2, -0.15) is 0 Å². The van der Waals surface area contributed by atoms with Crippen LogP contribution in [0.15, 0.2) is 24.3 Å². The van der Waals surface area contributed by atoms with Gasteiger partial charge in [0.1, 0.15) is 12.7 Å². The molecule has 4 heteroatoms. The molecule has 0 bridgehead atoms. The van der Waals surface area contributed by atoms with Crippen LogP contribution >= 0.6 is 11.6 Å². The molecule has 0 saturated carbocycles. The second-order valence-electron chi connectivity index (χ2n) is 2.77. The zero-order valence-corrected chi connectivity index (χ0v) is 8.70. The lowest BCUT2D eigenvalue weighted by molar-refractivity contribution is 0.123. The van der Waals surface area contributed by atoms with Crippen LogP contribution in [0, 0.1) is 0 Å². The summed E-state index contributed by atoms with van der Waals surface area (Å²) in [6.45, 7) is 0.171. The molecule has 0 fully saturated rings. The average Bonchev–Trinajstić information content (AvgIpc) is 2.26. The molecule has 1 unspecified atom stereocenters. The van der Waals surface area contributed by atoms with Crippen LogP contribution in [0.2, 0.25) is 0 Å². The molecule has 0 amide bonds. The Morgan fingerprint density at radius 2 is 2.00 bits per heavy atom. The van der Waals surface area contributed by atoms with Gasteiger partial charge in [0.25, 0.3) is 0 Å². The highest BCUT2D eigenvalue weighted by atomic mass is 35.5. The molecule has 0 aliphatic carbocycles. The van der Waals surface area contributed by atoms with Gasteiger partial charge in [-0.25, -0.2) is 0 Å². The predicted molar refractivity (Wildman–Crippen MR) is 55.2 cm³/mol. The Kier molecular flexibility index (Phi) is 4.56. The van der Waals surface area contributed by atoms with E-state index in [2.05, 4.69) is 0 Å². The zero-order valence-electron chi connectivity index (χ0n) is 7.94. The van der Waals surface area contributed by atoms with Crippen LogP contribution < -0.4 is 9.47 Å². The van der Waals surface area contributed by atoms with Crippen LogP contribution in [0.25, 0.3) is 0 Å². The van der Waals surface area contributed by atoms with E-state index < -0.39 is 6.10 Å². The number of rotatable bonds is 5. The molecule has 0 spiro atoms. The van der Waals surface area contributed by atoms with E-state index in [0.717, 1.165) is 0 Å². The number of halogens is 1. The van der Waals surface area contributed by atoms with E-state index >= 15 is 0 Å². The van der Waals surface area contributed by atoms with Gasteiger partial charge < -0.3 is 14.6 Å². The summed E-state index contributed by atoms with van der Waals surface area (Å²) in [6, 6.07) is 7.26. The molecule has 1 N–H and O–H groups in total. The summed E-state index contributed by atoms with van der Waals surface area (Å²) in [7, 11) is 1.57. The van der Waals surface area contributed by atoms with Crippen molar-refractivity contribution in [2.45, 2.75) is 6.10 Å². The first kappa shape index (κ1) is 11.1. The second kappa shape index (κ2) is 5.73. The monoisotopic (exact) mass is 216 g/mol. The molecule has 78 valence electrons. The van der Waals surface area contributed by atoms with Gasteiger partial charge in [-0.05, 0) is 12.1 Å². The molecule has 0 heterocycles. The average molecular weight is 217 g/mol. The van der Waals surface area contributed by atoms with Gasteiger partial charge >= 0.3 is 0 Å². The minimum Gasteiger partial charge on any atom is -0.493 e. The Morgan fingerprint density at radius 1 is 1.36 bits per heavy atom. The van der Waals surface area contributed by atoms with Gasteiger partial charge in [0.05, 0.1) is 13.0 Å². The van der Waals surface area contributed by atoms with Crippen molar-refractivity contribution in [2.24, 2.45) is 0 Å². The zero-order chi connectivity index (χ0) is 10.4. The molecule has 0 aromatic heterocycles. The van der Waals surface area contributed by atoms with Crippen LogP contribution in [-0.4, -0.2) is 30.8 Å². The number of benzene rings is 1. The Balaban J connectivity index is 2.57. The van der Waals surface area contributed by atoms with E-state index in [1.54, 1.807) is 19.2 Å². The van der Waals surface area contributed by atoms with Gasteiger partial charge in [-0.3, -0.25) is 0 Å². The highest BCUT2D eigenvalue weighted by Gasteiger charge is 2.06. The summed E-state index contributed by atoms with van der Waals surface area (Å²) in [5, 5.41) is 9.19. The molecular formula is C10H13ClO3. The molecule has 0 aliphatic rings. The molecule has 3 nitrogen and oxygen atoms in total. The predicted octanol–water partition coefficient (Wildman–Crippen LogP) is 1.67. The Morgan fingerprint density at radius 3 is 2.57 bits per heavy atom. The van der Waals surface area contributed by atoms with E-state index in [9.17, 15) is 5.11 Å². The lowest BCUT2D eigenvalue weighted by Crippen LogP contribution is -2.19. The van der Waals surface area contributed by atoms with Crippen molar-refractivity contribution in [1.82, 2.24) is 0 Å². The number of hydrogen-bond acceptors (Lipinski definition) is 3. The molecule has 1 aromatic carbocycles. The van der Waals surface area contributed by atoms with E-state index in [-0.39, 0.29) is 12.5 Å². The van der Waals surface area contributed by atoms with Gasteiger partial charge in [-0.1, -0.05) is 12.1 Å². The molecule has 1 atom stereocenters. The van der Waals surface area contributed by atoms with Gasteiger partial charge in [0, 0.05) is 0 Å². The van der Waals surface area contributed by atoms with Crippen molar-refractivity contribution in [3.63, 3.8) is 0 Å². The molecule has 1 rings (SSSR count). The Bertz CT molecular complexity index is 278. The number of methoxy groups -OCH3 is 1. The summed E-state index contributed by atoms with van der Waals surface area (Å²) in [5.41, 5.74) is 0. The largest absolute Gasteiger partial charge is 0.493 e. The molecule has 1 aromatic rings. The van der Waals surface area contributed by atoms with E-state index in [0.29, 0.717) is 11.5 Å². The third kappa shape index (κ3) is 3.09. The third-order valence-corrected chi connectivity index (χ3v) is 2.03. The second-order valence-corrected chi connectivity index (χ2v) is 3.08. The van der Waals surface area contributed by atoms with Crippen LogP contribution in [0.5, 0.6) is 11.5 Å². The smallest absolute Gasteiger partial charge is 0.161 e. The minimum atomic E-state index is -0.651. The minimum absolute atomic E-state index is 0.162. The highest BCUT2D eigenvalue weighted by Crippen LogP contribution is 2.25. The van der Waals surface area contributed by atoms with Crippen molar-refractivity contribution in [3.05, 3.63) is 24.3 Å². The summed E-state index contributed by atoms with van der Waals surface area (Å²) in [4.78, 5) is 0. The van der Waals surface area contributed by atoms with Crippen molar-refractivity contribution in [1.29, 1.82) is 0 Å². The Hall–Kier alpha value is -0.930. The van der Waals surface area contributed by atoms with Crippen LogP contribution in [0.1, 0.15) is 0 Å². The number of aliphatic hydroxyl groups excluding tert-OH is 1. The summed E-state index contributed by atoms with van der Waals surface area (Å²) in [6.07, 6.45) is -0.651. The van der Waals surface area contributed by atoms with Crippen molar-refractivity contribution < 1.29 is 14.6 Å². The fourth-order valence-electron chi connectivity index (χ4n) is 0.969. The quantitative estimate of drug-likeness (QED) is 0.762. The number of para-hydroxylation sites is 2. The van der Waals surface area contributed by atoms with Crippen molar-refractivity contribution in [2.75, 3.05) is 19.6 Å². The number of hydrogen-bond donors (Lipinski definition) is 1. The van der Waals surface area contributed by atoms with Crippen molar-refractivity contribution >= 4 is 11.6 Å². The molecule has 0 radical (unpaired) electrons. The Labute approximate surface area is 88.2 Å². The van der Waals surface area contributed by atoms with E-state index in [1.165, 1.54) is 0 Å². The normalized spacial score (nSPS) is 12.2.